The Morgan fingerprint density at radius 1 is 1.28 bits per heavy atom. The first-order valence-corrected chi connectivity index (χ1v) is 15.6. The molecule has 4 N–H and O–H groups in total. The average Bonchev–Trinajstić information content (AvgIpc) is 3.24. The highest BCUT2D eigenvalue weighted by Gasteiger charge is 2.68. The number of ether oxygens (including phenoxy) is 1. The van der Waals surface area contributed by atoms with E-state index in [0.717, 1.165) is 19.3 Å². The largest absolute Gasteiger partial charge is 0.461 e. The number of carbonyl (C=O) groups is 3. The van der Waals surface area contributed by atoms with Crippen LogP contribution in [0.25, 0.3) is 0 Å². The van der Waals surface area contributed by atoms with E-state index >= 15 is 0 Å². The number of rotatable bonds is 9. The van der Waals surface area contributed by atoms with Crippen LogP contribution in [0.3, 0.4) is 0 Å². The molecule has 3 saturated carbocycles. The summed E-state index contributed by atoms with van der Waals surface area (Å²) in [5, 5.41) is 14.6. The van der Waals surface area contributed by atoms with Crippen LogP contribution in [0.2, 0.25) is 0 Å². The minimum Gasteiger partial charge on any atom is -0.461 e. The maximum atomic E-state index is 13.5. The van der Waals surface area contributed by atoms with Gasteiger partial charge in [-0.3, -0.25) is 14.4 Å². The summed E-state index contributed by atoms with van der Waals surface area (Å²) >= 11 is 1.43. The molecule has 0 radical (unpaired) electrons. The predicted octanol–water partition coefficient (Wildman–Crippen LogP) is 4.50. The third-order valence-electron chi connectivity index (χ3n) is 10.9. The molecular formula is C31H52N2O5S. The summed E-state index contributed by atoms with van der Waals surface area (Å²) in [7, 11) is 0. The molecule has 9 atom stereocenters. The van der Waals surface area contributed by atoms with Crippen molar-refractivity contribution >= 4 is 29.4 Å². The molecule has 2 bridgehead atoms. The number of hydrogen-bond donors (Lipinski definition) is 3. The van der Waals surface area contributed by atoms with Gasteiger partial charge in [0, 0.05) is 34.5 Å². The molecule has 0 heterocycles. The van der Waals surface area contributed by atoms with Crippen LogP contribution in [0, 0.1) is 39.9 Å². The Balaban J connectivity index is 1.82. The van der Waals surface area contributed by atoms with Crippen molar-refractivity contribution in [2.45, 2.75) is 110 Å². The van der Waals surface area contributed by atoms with Crippen LogP contribution in [0.1, 0.15) is 87.5 Å². The molecule has 7 nitrogen and oxygen atoms in total. The molecule has 8 heteroatoms. The molecule has 3 aliphatic carbocycles. The van der Waals surface area contributed by atoms with Crippen molar-refractivity contribution in [3.63, 3.8) is 0 Å². The Kier molecular flexibility index (Phi) is 9.46. The van der Waals surface area contributed by atoms with Crippen molar-refractivity contribution in [3.05, 3.63) is 12.7 Å². The van der Waals surface area contributed by atoms with E-state index in [1.54, 1.807) is 0 Å². The molecule has 2 unspecified atom stereocenters. The normalized spacial score (nSPS) is 39.4. The number of thioether (sulfide) groups is 1. The van der Waals surface area contributed by atoms with Gasteiger partial charge in [0.2, 0.25) is 5.91 Å². The van der Waals surface area contributed by atoms with Gasteiger partial charge >= 0.3 is 5.97 Å². The van der Waals surface area contributed by atoms with Gasteiger partial charge in [-0.25, -0.2) is 0 Å². The van der Waals surface area contributed by atoms with E-state index in [-0.39, 0.29) is 52.5 Å². The number of nitrogens with two attached hydrogens (primary N) is 1. The van der Waals surface area contributed by atoms with Crippen LogP contribution in [-0.2, 0) is 19.1 Å². The van der Waals surface area contributed by atoms with Crippen molar-refractivity contribution in [1.29, 1.82) is 0 Å². The summed E-state index contributed by atoms with van der Waals surface area (Å²) < 4.78 is 5.92. The topological polar surface area (TPSA) is 119 Å². The van der Waals surface area contributed by atoms with Gasteiger partial charge in [0.1, 0.15) is 11.9 Å². The lowest BCUT2D eigenvalue weighted by atomic mass is 9.44. The Hall–Kier alpha value is -1.38. The molecule has 0 saturated heterocycles. The number of ketones is 1. The monoisotopic (exact) mass is 564 g/mol. The number of Topliss-reactive ketones (excluding diaryl/α,β-unsaturated/α-hetero) is 1. The smallest absolute Gasteiger partial charge is 0.316 e. The second-order valence-corrected chi connectivity index (χ2v) is 15.8. The molecule has 3 rings (SSSR count). The van der Waals surface area contributed by atoms with E-state index in [1.165, 1.54) is 11.8 Å². The van der Waals surface area contributed by atoms with E-state index < -0.39 is 33.8 Å². The zero-order chi connectivity index (χ0) is 29.6. The van der Waals surface area contributed by atoms with Gasteiger partial charge in [0.05, 0.1) is 17.9 Å². The molecule has 0 aromatic carbocycles. The summed E-state index contributed by atoms with van der Waals surface area (Å²) in [5.74, 6) is -0.243. The molecule has 39 heavy (non-hydrogen) atoms. The lowest BCUT2D eigenvalue weighted by Gasteiger charge is -2.61. The van der Waals surface area contributed by atoms with Crippen LogP contribution < -0.4 is 11.1 Å². The molecule has 0 aromatic rings. The van der Waals surface area contributed by atoms with Crippen LogP contribution in [0.5, 0.6) is 0 Å². The van der Waals surface area contributed by atoms with Crippen molar-refractivity contribution in [3.8, 4) is 0 Å². The van der Waals surface area contributed by atoms with Gasteiger partial charge in [0.15, 0.2) is 0 Å². The number of esters is 1. The van der Waals surface area contributed by atoms with Crippen LogP contribution in [0.4, 0.5) is 0 Å². The maximum absolute atomic E-state index is 13.5. The number of hydrogen-bond acceptors (Lipinski definition) is 7. The quantitative estimate of drug-likeness (QED) is 0.279. The Bertz CT molecular complexity index is 969. The van der Waals surface area contributed by atoms with Crippen molar-refractivity contribution in [2.75, 3.05) is 12.3 Å². The van der Waals surface area contributed by atoms with Gasteiger partial charge in [0.25, 0.3) is 0 Å². The lowest BCUT2D eigenvalue weighted by Crippen LogP contribution is -2.63. The van der Waals surface area contributed by atoms with E-state index in [4.69, 9.17) is 10.5 Å². The van der Waals surface area contributed by atoms with Gasteiger partial charge in [-0.05, 0) is 62.7 Å². The summed E-state index contributed by atoms with van der Waals surface area (Å²) in [4.78, 5) is 39.2. The van der Waals surface area contributed by atoms with Crippen molar-refractivity contribution in [1.82, 2.24) is 5.32 Å². The molecule has 3 fully saturated rings. The van der Waals surface area contributed by atoms with Crippen LogP contribution in [0.15, 0.2) is 12.7 Å². The second-order valence-electron chi connectivity index (χ2n) is 14.1. The van der Waals surface area contributed by atoms with Gasteiger partial charge in [-0.1, -0.05) is 47.6 Å². The molecule has 0 spiro atoms. The third-order valence-corrected chi connectivity index (χ3v) is 12.2. The number of amides is 1. The van der Waals surface area contributed by atoms with Gasteiger partial charge < -0.3 is 20.9 Å². The van der Waals surface area contributed by atoms with E-state index in [2.05, 4.69) is 32.7 Å². The highest BCUT2D eigenvalue weighted by Crippen LogP contribution is 2.68. The minimum absolute atomic E-state index is 0.0382. The zero-order valence-corrected chi connectivity index (χ0v) is 26.2. The fraction of sp³-hybridized carbons (Fsp3) is 0.839. The molecular weight excluding hydrogens is 512 g/mol. The molecule has 0 aromatic heterocycles. The minimum atomic E-state index is -0.684. The average molecular weight is 565 g/mol. The fourth-order valence-corrected chi connectivity index (χ4v) is 8.47. The summed E-state index contributed by atoms with van der Waals surface area (Å²) in [6, 6.07) is -0.573. The molecule has 222 valence electrons. The zero-order valence-electron chi connectivity index (χ0n) is 25.3. The Labute approximate surface area is 239 Å². The predicted molar refractivity (Wildman–Crippen MR) is 157 cm³/mol. The van der Waals surface area contributed by atoms with Crippen LogP contribution in [-0.4, -0.2) is 58.1 Å². The fourth-order valence-electron chi connectivity index (χ4n) is 7.72. The van der Waals surface area contributed by atoms with Crippen LogP contribution >= 0.6 is 11.8 Å². The highest BCUT2D eigenvalue weighted by atomic mass is 32.2. The molecule has 0 aliphatic heterocycles. The standard InChI is InChI=1S/C31H52N2O5S/c1-10-29(8)15-22(38-23(35)16-39-28(6,7)17-33-27(37)24(32)18(2)3)30(9)19(4)11-13-31(20(5)26(29)36)14-12-21(34)25(30)31/h10,18-20,22,24-26,36H,1,11-17,32H2,2-9H3,(H,33,37)/t19-,20-,22-,24-,25+,26-,29+,30?,31?/m0/s1. The summed E-state index contributed by atoms with van der Waals surface area (Å²) in [5.41, 5.74) is 4.49. The number of aliphatic hydroxyl groups is 1. The lowest BCUT2D eigenvalue weighted by molar-refractivity contribution is -0.205. The Morgan fingerprint density at radius 2 is 1.92 bits per heavy atom. The third kappa shape index (κ3) is 5.85. The van der Waals surface area contributed by atoms with E-state index in [1.807, 2.05) is 40.7 Å². The number of carbonyl (C=O) groups excluding carboxylic acids is 3. The second kappa shape index (κ2) is 11.5. The summed E-state index contributed by atoms with van der Waals surface area (Å²) in [6.45, 7) is 20.7. The first kappa shape index (κ1) is 32.1. The van der Waals surface area contributed by atoms with E-state index in [0.29, 0.717) is 19.4 Å². The first-order valence-electron chi connectivity index (χ1n) is 14.7. The van der Waals surface area contributed by atoms with Crippen molar-refractivity contribution < 1.29 is 24.2 Å². The van der Waals surface area contributed by atoms with Crippen molar-refractivity contribution in [2.24, 2.45) is 45.7 Å². The molecule has 1 amide bonds. The van der Waals surface area contributed by atoms with Gasteiger partial charge in [-0.15, -0.1) is 18.3 Å². The van der Waals surface area contributed by atoms with Gasteiger partial charge in [-0.2, -0.15) is 0 Å². The SMILES string of the molecule is C=C[C@]1(C)C[C@H](OC(=O)CSC(C)(C)CNC(=O)[C@@H](N)C(C)C)C2(C)[C@@H](C)CCC3(CCC(=O)[C@@H]32)[C@@H](C)[C@@H]1O. The number of aliphatic hydroxyl groups excluding tert-OH is 1. The number of nitrogens with one attached hydrogen (secondary N) is 1. The summed E-state index contributed by atoms with van der Waals surface area (Å²) in [6.07, 6.45) is 4.17. The molecule has 3 aliphatic rings. The van der Waals surface area contributed by atoms with E-state index in [9.17, 15) is 19.5 Å². The first-order chi connectivity index (χ1) is 17.9. The maximum Gasteiger partial charge on any atom is 0.316 e. The highest BCUT2D eigenvalue weighted by molar-refractivity contribution is 8.01. The Morgan fingerprint density at radius 3 is 2.51 bits per heavy atom.